The number of carbonyl (C=O) groups is 1. The molecule has 7 heteroatoms. The number of rotatable bonds is 5. The molecule has 2 aliphatic rings. The molecule has 138 valence electrons. The van der Waals surface area contributed by atoms with Crippen LogP contribution in [-0.2, 0) is 11.3 Å². The Balaban J connectivity index is 1.46. The van der Waals surface area contributed by atoms with Gasteiger partial charge < -0.3 is 15.4 Å². The largest absolute Gasteiger partial charge is 0.396 e. The van der Waals surface area contributed by atoms with Crippen molar-refractivity contribution in [2.45, 2.75) is 38.3 Å². The number of hydrogen-bond acceptors (Lipinski definition) is 4. The van der Waals surface area contributed by atoms with Crippen molar-refractivity contribution in [3.05, 3.63) is 39.4 Å². The Labute approximate surface area is 156 Å². The summed E-state index contributed by atoms with van der Waals surface area (Å²) < 4.78 is 1.77. The first-order chi connectivity index (χ1) is 12.6. The molecule has 6 nitrogen and oxygen atoms in total. The number of hydrogen-bond donors (Lipinski definition) is 3. The van der Waals surface area contributed by atoms with Crippen molar-refractivity contribution in [1.82, 2.24) is 14.9 Å². The van der Waals surface area contributed by atoms with Gasteiger partial charge in [-0.2, -0.15) is 0 Å². The van der Waals surface area contributed by atoms with E-state index >= 15 is 0 Å². The molecule has 4 atom stereocenters. The molecule has 2 fully saturated rings. The molecule has 0 saturated heterocycles. The fourth-order valence-electron chi connectivity index (χ4n) is 4.77. The van der Waals surface area contributed by atoms with Gasteiger partial charge in [-0.15, -0.1) is 0 Å². The number of aliphatic hydroxyl groups is 1. The SMILES string of the molecule is O=C(CCn1c(=S)[nH]c2ccccc2c1=O)N[C@H]1[C@H]2CC[C@@H](C2)[C@@H]1CO. The van der Waals surface area contributed by atoms with Crippen molar-refractivity contribution in [3.8, 4) is 0 Å². The number of nitrogens with one attached hydrogen (secondary N) is 2. The average Bonchev–Trinajstić information content (AvgIpc) is 3.23. The van der Waals surface area contributed by atoms with Gasteiger partial charge in [-0.1, -0.05) is 12.1 Å². The molecule has 4 rings (SSSR count). The zero-order chi connectivity index (χ0) is 18.3. The van der Waals surface area contributed by atoms with E-state index in [9.17, 15) is 14.7 Å². The number of benzene rings is 1. The number of fused-ring (bicyclic) bond motifs is 3. The molecular formula is C19H23N3O3S. The van der Waals surface area contributed by atoms with Crippen molar-refractivity contribution in [3.63, 3.8) is 0 Å². The molecule has 2 aliphatic carbocycles. The third-order valence-corrected chi connectivity index (χ3v) is 6.40. The molecule has 2 saturated carbocycles. The van der Waals surface area contributed by atoms with Gasteiger partial charge in [-0.05, 0) is 55.4 Å². The minimum atomic E-state index is -0.176. The topological polar surface area (TPSA) is 87.1 Å². The van der Waals surface area contributed by atoms with E-state index in [1.54, 1.807) is 6.07 Å². The number of amides is 1. The van der Waals surface area contributed by atoms with E-state index in [4.69, 9.17) is 12.2 Å². The summed E-state index contributed by atoms with van der Waals surface area (Å²) in [5.41, 5.74) is 0.529. The van der Waals surface area contributed by atoms with Gasteiger partial charge in [0.25, 0.3) is 5.56 Å². The predicted molar refractivity (Wildman–Crippen MR) is 101 cm³/mol. The standard InChI is InChI=1S/C19H23N3O3S/c23-10-14-11-5-6-12(9-11)17(14)21-16(24)7-8-22-18(25)13-3-1-2-4-15(13)20-19(22)26/h1-4,11-12,14,17,23H,5-10H2,(H,20,26)(H,21,24)/t11-,12-,14-,17-/m0/s1. The minimum Gasteiger partial charge on any atom is -0.396 e. The fraction of sp³-hybridized carbons (Fsp3) is 0.526. The first-order valence-electron chi connectivity index (χ1n) is 9.20. The molecule has 2 bridgehead atoms. The molecule has 2 aromatic rings. The van der Waals surface area contributed by atoms with Crippen LogP contribution in [0.3, 0.4) is 0 Å². The maximum atomic E-state index is 12.6. The fourth-order valence-corrected chi connectivity index (χ4v) is 5.06. The smallest absolute Gasteiger partial charge is 0.262 e. The van der Waals surface area contributed by atoms with E-state index in [1.807, 2.05) is 18.2 Å². The molecule has 26 heavy (non-hydrogen) atoms. The lowest BCUT2D eigenvalue weighted by Crippen LogP contribution is -2.45. The number of H-pyrrole nitrogens is 1. The van der Waals surface area contributed by atoms with E-state index in [2.05, 4.69) is 10.3 Å². The second-order valence-electron chi connectivity index (χ2n) is 7.46. The number of aliphatic hydroxyl groups excluding tert-OH is 1. The number of aromatic amines is 1. The van der Waals surface area contributed by atoms with Gasteiger partial charge in [0.05, 0.1) is 10.9 Å². The van der Waals surface area contributed by atoms with Crippen LogP contribution in [0.2, 0.25) is 0 Å². The zero-order valence-corrected chi connectivity index (χ0v) is 15.3. The third-order valence-electron chi connectivity index (χ3n) is 6.08. The molecular weight excluding hydrogens is 350 g/mol. The highest BCUT2D eigenvalue weighted by Crippen LogP contribution is 2.48. The summed E-state index contributed by atoms with van der Waals surface area (Å²) in [6.07, 6.45) is 3.58. The Morgan fingerprint density at radius 3 is 2.88 bits per heavy atom. The molecule has 1 amide bonds. The van der Waals surface area contributed by atoms with E-state index in [-0.39, 0.29) is 43.0 Å². The van der Waals surface area contributed by atoms with Gasteiger partial charge in [0.15, 0.2) is 4.77 Å². The Kier molecular flexibility index (Phi) is 4.67. The molecule has 1 aromatic carbocycles. The number of aromatic nitrogens is 2. The number of nitrogens with zero attached hydrogens (tertiary/aromatic N) is 1. The lowest BCUT2D eigenvalue weighted by Gasteiger charge is -2.30. The average molecular weight is 373 g/mol. The first-order valence-corrected chi connectivity index (χ1v) is 9.61. The van der Waals surface area contributed by atoms with Gasteiger partial charge in [-0.25, -0.2) is 0 Å². The lowest BCUT2D eigenvalue weighted by atomic mass is 9.85. The first kappa shape index (κ1) is 17.4. The predicted octanol–water partition coefficient (Wildman–Crippen LogP) is 1.97. The highest BCUT2D eigenvalue weighted by Gasteiger charge is 2.47. The summed E-state index contributed by atoms with van der Waals surface area (Å²) in [7, 11) is 0. The summed E-state index contributed by atoms with van der Waals surface area (Å²) in [6.45, 7) is 0.372. The van der Waals surface area contributed by atoms with Crippen molar-refractivity contribution in [1.29, 1.82) is 0 Å². The zero-order valence-electron chi connectivity index (χ0n) is 14.5. The molecule has 1 heterocycles. The van der Waals surface area contributed by atoms with Crippen LogP contribution in [-0.4, -0.2) is 33.2 Å². The second-order valence-corrected chi connectivity index (χ2v) is 7.84. The Morgan fingerprint density at radius 2 is 2.08 bits per heavy atom. The molecule has 3 N–H and O–H groups in total. The quantitative estimate of drug-likeness (QED) is 0.700. The van der Waals surface area contributed by atoms with Crippen molar-refractivity contribution >= 4 is 29.0 Å². The van der Waals surface area contributed by atoms with Crippen LogP contribution in [0.5, 0.6) is 0 Å². The van der Waals surface area contributed by atoms with E-state index in [0.29, 0.717) is 27.5 Å². The van der Waals surface area contributed by atoms with Crippen LogP contribution in [0.1, 0.15) is 25.7 Å². The van der Waals surface area contributed by atoms with Crippen molar-refractivity contribution < 1.29 is 9.90 Å². The van der Waals surface area contributed by atoms with E-state index in [0.717, 1.165) is 19.3 Å². The van der Waals surface area contributed by atoms with Crippen LogP contribution in [0.25, 0.3) is 10.9 Å². The normalized spacial score (nSPS) is 27.1. The Bertz CT molecular complexity index is 951. The molecule has 0 aliphatic heterocycles. The van der Waals surface area contributed by atoms with E-state index in [1.165, 1.54) is 4.57 Å². The number of para-hydroxylation sites is 1. The minimum absolute atomic E-state index is 0.0640. The summed E-state index contributed by atoms with van der Waals surface area (Å²) in [5, 5.41) is 13.3. The van der Waals surface area contributed by atoms with Crippen molar-refractivity contribution in [2.24, 2.45) is 17.8 Å². The van der Waals surface area contributed by atoms with Crippen LogP contribution in [0, 0.1) is 22.5 Å². The van der Waals surface area contributed by atoms with Crippen LogP contribution >= 0.6 is 12.2 Å². The molecule has 0 radical (unpaired) electrons. The maximum Gasteiger partial charge on any atom is 0.262 e. The highest BCUT2D eigenvalue weighted by molar-refractivity contribution is 7.71. The number of carbonyl (C=O) groups excluding carboxylic acids is 1. The molecule has 0 unspecified atom stereocenters. The Hall–Kier alpha value is -1.99. The van der Waals surface area contributed by atoms with Crippen molar-refractivity contribution in [2.75, 3.05) is 6.61 Å². The highest BCUT2D eigenvalue weighted by atomic mass is 32.1. The van der Waals surface area contributed by atoms with Crippen LogP contribution in [0.15, 0.2) is 29.1 Å². The maximum absolute atomic E-state index is 12.6. The Morgan fingerprint density at radius 1 is 1.31 bits per heavy atom. The monoisotopic (exact) mass is 373 g/mol. The van der Waals surface area contributed by atoms with E-state index < -0.39 is 0 Å². The van der Waals surface area contributed by atoms with Gasteiger partial charge in [0.2, 0.25) is 5.91 Å². The summed E-state index contributed by atoms with van der Waals surface area (Å²) in [6, 6.07) is 7.28. The summed E-state index contributed by atoms with van der Waals surface area (Å²) in [4.78, 5) is 28.1. The summed E-state index contributed by atoms with van der Waals surface area (Å²) in [5.74, 6) is 1.10. The second kappa shape index (κ2) is 6.96. The van der Waals surface area contributed by atoms with Crippen LogP contribution < -0.4 is 10.9 Å². The van der Waals surface area contributed by atoms with Gasteiger partial charge in [-0.3, -0.25) is 14.2 Å². The molecule has 0 spiro atoms. The van der Waals surface area contributed by atoms with Gasteiger partial charge in [0, 0.05) is 31.5 Å². The van der Waals surface area contributed by atoms with Gasteiger partial charge in [0.1, 0.15) is 0 Å². The lowest BCUT2D eigenvalue weighted by molar-refractivity contribution is -0.122. The summed E-state index contributed by atoms with van der Waals surface area (Å²) >= 11 is 5.29. The molecule has 1 aromatic heterocycles. The van der Waals surface area contributed by atoms with Crippen LogP contribution in [0.4, 0.5) is 0 Å². The third kappa shape index (κ3) is 2.99. The van der Waals surface area contributed by atoms with Gasteiger partial charge >= 0.3 is 0 Å².